The first kappa shape index (κ1) is 12.4. The summed E-state index contributed by atoms with van der Waals surface area (Å²) in [5.74, 6) is 0.257. The van der Waals surface area contributed by atoms with E-state index in [-0.39, 0.29) is 11.8 Å². The summed E-state index contributed by atoms with van der Waals surface area (Å²) < 4.78 is 0. The Bertz CT molecular complexity index is 340. The zero-order valence-corrected chi connectivity index (χ0v) is 9.49. The summed E-state index contributed by atoms with van der Waals surface area (Å²) >= 11 is 0. The van der Waals surface area contributed by atoms with Gasteiger partial charge in [-0.15, -0.1) is 0 Å². The highest BCUT2D eigenvalue weighted by Gasteiger charge is 1.98. The number of carbonyl (C=O) groups is 1. The summed E-state index contributed by atoms with van der Waals surface area (Å²) in [5, 5.41) is 14.7. The van der Waals surface area contributed by atoms with E-state index in [0.717, 1.165) is 12.0 Å². The highest BCUT2D eigenvalue weighted by molar-refractivity contribution is 5.73. The summed E-state index contributed by atoms with van der Waals surface area (Å²) in [4.78, 5) is 11.2. The normalized spacial score (nSPS) is 9.81. The molecule has 4 nitrogen and oxygen atoms in total. The molecule has 88 valence electrons. The van der Waals surface area contributed by atoms with Crippen molar-refractivity contribution in [2.45, 2.75) is 19.8 Å². The Morgan fingerprint density at radius 3 is 2.75 bits per heavy atom. The second-order valence-electron chi connectivity index (χ2n) is 3.60. The third-order valence-corrected chi connectivity index (χ3v) is 2.15. The van der Waals surface area contributed by atoms with Gasteiger partial charge in [0.05, 0.1) is 0 Å². The van der Waals surface area contributed by atoms with Crippen molar-refractivity contribution in [1.82, 2.24) is 10.6 Å². The van der Waals surface area contributed by atoms with E-state index in [1.807, 2.05) is 13.0 Å². The van der Waals surface area contributed by atoms with Crippen molar-refractivity contribution in [3.63, 3.8) is 0 Å². The van der Waals surface area contributed by atoms with Crippen LogP contribution in [0.2, 0.25) is 0 Å². The van der Waals surface area contributed by atoms with Gasteiger partial charge in [-0.2, -0.15) is 0 Å². The van der Waals surface area contributed by atoms with E-state index in [1.54, 1.807) is 18.2 Å². The minimum atomic E-state index is -0.137. The Labute approximate surface area is 95.7 Å². The third-order valence-electron chi connectivity index (χ3n) is 2.15. The van der Waals surface area contributed by atoms with Crippen molar-refractivity contribution < 1.29 is 9.90 Å². The molecule has 0 aromatic heterocycles. The number of rotatable bonds is 5. The molecule has 0 spiro atoms. The van der Waals surface area contributed by atoms with Crippen LogP contribution in [0.25, 0.3) is 0 Å². The first-order chi connectivity index (χ1) is 7.72. The van der Waals surface area contributed by atoms with Crippen LogP contribution >= 0.6 is 0 Å². The fourth-order valence-corrected chi connectivity index (χ4v) is 1.33. The Morgan fingerprint density at radius 2 is 2.06 bits per heavy atom. The van der Waals surface area contributed by atoms with Crippen LogP contribution in [-0.4, -0.2) is 24.2 Å². The fraction of sp³-hybridized carbons (Fsp3) is 0.417. The Balaban J connectivity index is 2.22. The van der Waals surface area contributed by atoms with Crippen molar-refractivity contribution in [3.8, 4) is 5.75 Å². The Kier molecular flexibility index (Phi) is 5.19. The molecule has 0 saturated heterocycles. The summed E-state index contributed by atoms with van der Waals surface area (Å²) in [6.45, 7) is 3.27. The van der Waals surface area contributed by atoms with E-state index < -0.39 is 0 Å². The van der Waals surface area contributed by atoms with Crippen molar-refractivity contribution in [2.24, 2.45) is 0 Å². The number of phenols is 1. The first-order valence-electron chi connectivity index (χ1n) is 5.52. The van der Waals surface area contributed by atoms with E-state index in [4.69, 9.17) is 0 Å². The molecule has 3 N–H and O–H groups in total. The van der Waals surface area contributed by atoms with E-state index in [1.165, 1.54) is 0 Å². The molecule has 1 aromatic rings. The van der Waals surface area contributed by atoms with Gasteiger partial charge in [-0.3, -0.25) is 0 Å². The lowest BCUT2D eigenvalue weighted by Crippen LogP contribution is -2.36. The molecule has 0 heterocycles. The number of aromatic hydroxyl groups is 1. The molecule has 0 fully saturated rings. The first-order valence-corrected chi connectivity index (χ1v) is 5.52. The largest absolute Gasteiger partial charge is 0.508 e. The molecule has 2 amide bonds. The number of nitrogens with one attached hydrogen (secondary N) is 2. The fourth-order valence-electron chi connectivity index (χ4n) is 1.33. The number of urea groups is 1. The van der Waals surface area contributed by atoms with Gasteiger partial charge in [-0.05, 0) is 30.5 Å². The smallest absolute Gasteiger partial charge is 0.314 e. The molecule has 4 heteroatoms. The number of amides is 2. The lowest BCUT2D eigenvalue weighted by atomic mass is 10.1. The van der Waals surface area contributed by atoms with Gasteiger partial charge in [0.2, 0.25) is 0 Å². The number of hydrogen-bond donors (Lipinski definition) is 3. The molecule has 0 saturated carbocycles. The molecule has 0 aliphatic heterocycles. The minimum Gasteiger partial charge on any atom is -0.508 e. The number of benzene rings is 1. The van der Waals surface area contributed by atoms with Crippen LogP contribution in [0.15, 0.2) is 24.3 Å². The predicted octanol–water partition coefficient (Wildman–Crippen LogP) is 1.64. The number of hydrogen-bond acceptors (Lipinski definition) is 2. The lowest BCUT2D eigenvalue weighted by Gasteiger charge is -2.06. The topological polar surface area (TPSA) is 61.4 Å². The van der Waals surface area contributed by atoms with Crippen LogP contribution in [0.1, 0.15) is 18.9 Å². The molecular formula is C12H18N2O2. The quantitative estimate of drug-likeness (QED) is 0.709. The molecule has 0 aliphatic carbocycles. The Hall–Kier alpha value is -1.71. The zero-order valence-electron chi connectivity index (χ0n) is 9.49. The van der Waals surface area contributed by atoms with Gasteiger partial charge in [0, 0.05) is 13.1 Å². The van der Waals surface area contributed by atoms with E-state index in [2.05, 4.69) is 10.6 Å². The molecule has 0 unspecified atom stereocenters. The molecule has 16 heavy (non-hydrogen) atoms. The molecule has 0 radical (unpaired) electrons. The van der Waals surface area contributed by atoms with Crippen molar-refractivity contribution >= 4 is 6.03 Å². The summed E-state index contributed by atoms with van der Waals surface area (Å²) in [7, 11) is 0. The monoisotopic (exact) mass is 222 g/mol. The summed E-state index contributed by atoms with van der Waals surface area (Å²) in [6.07, 6.45) is 1.65. The maximum atomic E-state index is 11.2. The Morgan fingerprint density at radius 1 is 1.31 bits per heavy atom. The van der Waals surface area contributed by atoms with Crippen LogP contribution in [0.5, 0.6) is 5.75 Å². The van der Waals surface area contributed by atoms with Crippen molar-refractivity contribution in [2.75, 3.05) is 13.1 Å². The number of phenolic OH excluding ortho intramolecular Hbond substituents is 1. The highest BCUT2D eigenvalue weighted by Crippen LogP contribution is 2.10. The molecule has 1 rings (SSSR count). The molecule has 0 aliphatic rings. The molecular weight excluding hydrogens is 204 g/mol. The van der Waals surface area contributed by atoms with Gasteiger partial charge < -0.3 is 15.7 Å². The second-order valence-corrected chi connectivity index (χ2v) is 3.60. The second kappa shape index (κ2) is 6.71. The standard InChI is InChI=1S/C12H18N2O2/c1-2-7-13-12(16)14-8-6-10-4-3-5-11(15)9-10/h3-5,9,15H,2,6-8H2,1H3,(H2,13,14,16). The minimum absolute atomic E-state index is 0.137. The van der Waals surface area contributed by atoms with E-state index in [0.29, 0.717) is 19.5 Å². The van der Waals surface area contributed by atoms with Crippen molar-refractivity contribution in [1.29, 1.82) is 0 Å². The molecule has 0 bridgehead atoms. The number of carbonyl (C=O) groups excluding carboxylic acids is 1. The average molecular weight is 222 g/mol. The van der Waals surface area contributed by atoms with Gasteiger partial charge in [-0.1, -0.05) is 19.1 Å². The highest BCUT2D eigenvalue weighted by atomic mass is 16.3. The molecule has 1 aromatic carbocycles. The zero-order chi connectivity index (χ0) is 11.8. The summed E-state index contributed by atoms with van der Waals surface area (Å²) in [5.41, 5.74) is 1.01. The lowest BCUT2D eigenvalue weighted by molar-refractivity contribution is 0.241. The maximum absolute atomic E-state index is 11.2. The van der Waals surface area contributed by atoms with Crippen LogP contribution in [0.3, 0.4) is 0 Å². The van der Waals surface area contributed by atoms with Gasteiger partial charge in [-0.25, -0.2) is 4.79 Å². The predicted molar refractivity (Wildman–Crippen MR) is 63.5 cm³/mol. The van der Waals surface area contributed by atoms with Crippen LogP contribution in [0, 0.1) is 0 Å². The van der Waals surface area contributed by atoms with Crippen LogP contribution in [0.4, 0.5) is 4.79 Å². The van der Waals surface area contributed by atoms with Crippen LogP contribution in [-0.2, 0) is 6.42 Å². The maximum Gasteiger partial charge on any atom is 0.314 e. The van der Waals surface area contributed by atoms with Gasteiger partial charge in [0.15, 0.2) is 0 Å². The third kappa shape index (κ3) is 4.68. The van der Waals surface area contributed by atoms with E-state index >= 15 is 0 Å². The molecule has 0 atom stereocenters. The summed E-state index contributed by atoms with van der Waals surface area (Å²) in [6, 6.07) is 6.91. The van der Waals surface area contributed by atoms with Gasteiger partial charge >= 0.3 is 6.03 Å². The van der Waals surface area contributed by atoms with Gasteiger partial charge in [0.1, 0.15) is 5.75 Å². The van der Waals surface area contributed by atoms with Crippen LogP contribution < -0.4 is 10.6 Å². The van der Waals surface area contributed by atoms with Crippen molar-refractivity contribution in [3.05, 3.63) is 29.8 Å². The average Bonchev–Trinajstić information content (AvgIpc) is 2.26. The van der Waals surface area contributed by atoms with E-state index in [9.17, 15) is 9.90 Å². The van der Waals surface area contributed by atoms with Gasteiger partial charge in [0.25, 0.3) is 0 Å². The SMILES string of the molecule is CCCNC(=O)NCCc1cccc(O)c1.